The Labute approximate surface area is 180 Å². The zero-order valence-electron chi connectivity index (χ0n) is 17.7. The smallest absolute Gasteiger partial charge is 0.403 e. The van der Waals surface area contributed by atoms with Crippen LogP contribution in [-0.4, -0.2) is 12.3 Å². The summed E-state index contributed by atoms with van der Waals surface area (Å²) < 4.78 is 21.2. The van der Waals surface area contributed by atoms with E-state index in [1.54, 1.807) is 24.3 Å². The highest BCUT2D eigenvalue weighted by Gasteiger charge is 2.21. The zero-order chi connectivity index (χ0) is 22.2. The predicted molar refractivity (Wildman–Crippen MR) is 119 cm³/mol. The number of hydrogen-bond acceptors (Lipinski definition) is 6. The first kappa shape index (κ1) is 21.9. The molecule has 0 unspecified atom stereocenters. The van der Waals surface area contributed by atoms with E-state index in [1.165, 1.54) is 12.5 Å². The largest absolute Gasteiger partial charge is 0.518 e. The maximum atomic E-state index is 12.3. The molecular formula is C25H24O6. The van der Waals surface area contributed by atoms with Gasteiger partial charge in [-0.25, -0.2) is 9.59 Å². The molecule has 6 nitrogen and oxygen atoms in total. The van der Waals surface area contributed by atoms with E-state index in [2.05, 4.69) is 0 Å². The number of fused-ring (bicyclic) bond motifs is 2. The van der Waals surface area contributed by atoms with Crippen LogP contribution < -0.4 is 9.47 Å². The molecule has 0 saturated heterocycles. The molecule has 0 fully saturated rings. The number of ether oxygens (including phenoxy) is 4. The van der Waals surface area contributed by atoms with E-state index < -0.39 is 12.3 Å². The molecule has 0 saturated carbocycles. The summed E-state index contributed by atoms with van der Waals surface area (Å²) in [6, 6.07) is 12.8. The third kappa shape index (κ3) is 5.22. The van der Waals surface area contributed by atoms with Gasteiger partial charge in [-0.05, 0) is 38.0 Å². The Morgan fingerprint density at radius 1 is 0.742 bits per heavy atom. The first-order chi connectivity index (χ1) is 15.0. The highest BCUT2D eigenvalue weighted by Crippen LogP contribution is 2.43. The summed E-state index contributed by atoms with van der Waals surface area (Å²) in [7, 11) is 0. The van der Waals surface area contributed by atoms with Gasteiger partial charge in [-0.1, -0.05) is 55.8 Å². The molecule has 0 bridgehead atoms. The molecule has 6 heteroatoms. The minimum absolute atomic E-state index is 0.326. The van der Waals surface area contributed by atoms with Crippen LogP contribution in [0.15, 0.2) is 67.1 Å². The van der Waals surface area contributed by atoms with Crippen LogP contribution in [0.2, 0.25) is 0 Å². The van der Waals surface area contributed by atoms with Crippen molar-refractivity contribution in [3.63, 3.8) is 0 Å². The van der Waals surface area contributed by atoms with Gasteiger partial charge in [0.1, 0.15) is 11.5 Å². The number of aryl methyl sites for hydroxylation is 1. The number of hydrogen-bond donors (Lipinski definition) is 0. The minimum Gasteiger partial charge on any atom is -0.403 e. The van der Waals surface area contributed by atoms with Gasteiger partial charge in [0.25, 0.3) is 0 Å². The SMILES string of the molecule is CC/C=C/OC(=O)Oc1c2ccccc2c(OC(=O)O/C=C/CC)c2cc(C)ccc12. The number of rotatable bonds is 6. The Balaban J connectivity index is 2.13. The summed E-state index contributed by atoms with van der Waals surface area (Å²) in [6.45, 7) is 5.78. The lowest BCUT2D eigenvalue weighted by atomic mass is 9.99. The van der Waals surface area contributed by atoms with E-state index in [0.29, 0.717) is 33.0 Å². The molecule has 0 spiro atoms. The summed E-state index contributed by atoms with van der Waals surface area (Å²) in [4.78, 5) is 24.5. The van der Waals surface area contributed by atoms with E-state index in [-0.39, 0.29) is 0 Å². The Bertz CT molecular complexity index is 1160. The fourth-order valence-corrected chi connectivity index (χ4v) is 3.05. The molecule has 31 heavy (non-hydrogen) atoms. The summed E-state index contributed by atoms with van der Waals surface area (Å²) in [5.74, 6) is 0.655. The molecule has 3 rings (SSSR count). The van der Waals surface area contributed by atoms with Gasteiger partial charge >= 0.3 is 12.3 Å². The molecule has 0 radical (unpaired) electrons. The molecule has 0 heterocycles. The van der Waals surface area contributed by atoms with Crippen LogP contribution in [0.25, 0.3) is 21.5 Å². The van der Waals surface area contributed by atoms with Crippen molar-refractivity contribution >= 4 is 33.9 Å². The van der Waals surface area contributed by atoms with Crippen LogP contribution in [0.1, 0.15) is 32.3 Å². The van der Waals surface area contributed by atoms with Gasteiger partial charge in [0.05, 0.1) is 12.5 Å². The second-order valence-electron chi connectivity index (χ2n) is 6.75. The van der Waals surface area contributed by atoms with E-state index in [9.17, 15) is 9.59 Å². The summed E-state index contributed by atoms with van der Waals surface area (Å²) >= 11 is 0. The van der Waals surface area contributed by atoms with Crippen molar-refractivity contribution in [2.45, 2.75) is 33.6 Å². The van der Waals surface area contributed by atoms with E-state index in [1.807, 2.05) is 51.1 Å². The molecular weight excluding hydrogens is 396 g/mol. The van der Waals surface area contributed by atoms with Crippen molar-refractivity contribution in [3.05, 3.63) is 72.7 Å². The van der Waals surface area contributed by atoms with Crippen molar-refractivity contribution in [2.75, 3.05) is 0 Å². The third-order valence-electron chi connectivity index (χ3n) is 4.44. The second kappa shape index (κ2) is 10.3. The lowest BCUT2D eigenvalue weighted by Crippen LogP contribution is -2.10. The Morgan fingerprint density at radius 3 is 1.74 bits per heavy atom. The second-order valence-corrected chi connectivity index (χ2v) is 6.75. The van der Waals surface area contributed by atoms with Crippen molar-refractivity contribution in [1.29, 1.82) is 0 Å². The van der Waals surface area contributed by atoms with Gasteiger partial charge < -0.3 is 18.9 Å². The van der Waals surface area contributed by atoms with Crippen molar-refractivity contribution in [3.8, 4) is 11.5 Å². The first-order valence-corrected chi connectivity index (χ1v) is 10.1. The monoisotopic (exact) mass is 420 g/mol. The Kier molecular flexibility index (Phi) is 7.27. The van der Waals surface area contributed by atoms with Gasteiger partial charge in [0.2, 0.25) is 0 Å². The highest BCUT2D eigenvalue weighted by atomic mass is 16.7. The van der Waals surface area contributed by atoms with Crippen LogP contribution in [0.3, 0.4) is 0 Å². The molecule has 3 aromatic rings. The van der Waals surface area contributed by atoms with E-state index in [0.717, 1.165) is 18.4 Å². The van der Waals surface area contributed by atoms with Gasteiger partial charge in [0.15, 0.2) is 0 Å². The maximum Gasteiger partial charge on any atom is 0.518 e. The Morgan fingerprint density at radius 2 is 1.23 bits per heavy atom. The fourth-order valence-electron chi connectivity index (χ4n) is 3.05. The summed E-state index contributed by atoms with van der Waals surface area (Å²) in [5.41, 5.74) is 0.950. The normalized spacial score (nSPS) is 11.3. The van der Waals surface area contributed by atoms with Crippen LogP contribution in [0.4, 0.5) is 9.59 Å². The van der Waals surface area contributed by atoms with Crippen LogP contribution >= 0.6 is 0 Å². The maximum absolute atomic E-state index is 12.3. The summed E-state index contributed by atoms with van der Waals surface area (Å²) in [6.07, 6.45) is 5.77. The predicted octanol–water partition coefficient (Wildman–Crippen LogP) is 7.18. The van der Waals surface area contributed by atoms with Crippen LogP contribution in [0, 0.1) is 6.92 Å². The van der Waals surface area contributed by atoms with Crippen molar-refractivity contribution in [2.24, 2.45) is 0 Å². The standard InChI is InChI=1S/C25H24O6/c1-4-6-14-28-24(26)30-22-18-10-8-9-11-19(18)23(31-25(27)29-15-7-5-2)21-16-17(3)12-13-20(21)22/h6-16H,4-5H2,1-3H3/b14-6+,15-7+. The van der Waals surface area contributed by atoms with Crippen LogP contribution in [0.5, 0.6) is 11.5 Å². The van der Waals surface area contributed by atoms with Crippen molar-refractivity contribution < 1.29 is 28.5 Å². The van der Waals surface area contributed by atoms with Crippen molar-refractivity contribution in [1.82, 2.24) is 0 Å². The first-order valence-electron chi connectivity index (χ1n) is 10.1. The molecule has 0 aliphatic rings. The summed E-state index contributed by atoms with van der Waals surface area (Å²) in [5, 5.41) is 2.42. The van der Waals surface area contributed by atoms with Gasteiger partial charge in [-0.2, -0.15) is 0 Å². The molecule has 0 aromatic heterocycles. The molecule has 160 valence electrons. The molecule has 0 aliphatic heterocycles. The molecule has 3 aromatic carbocycles. The van der Waals surface area contributed by atoms with Gasteiger partial charge in [-0.15, -0.1) is 0 Å². The molecule has 0 N–H and O–H groups in total. The number of allylic oxidation sites excluding steroid dienone is 2. The average molecular weight is 420 g/mol. The lowest BCUT2D eigenvalue weighted by Gasteiger charge is -2.16. The highest BCUT2D eigenvalue weighted by molar-refractivity contribution is 6.12. The zero-order valence-corrected chi connectivity index (χ0v) is 17.7. The molecule has 0 amide bonds. The minimum atomic E-state index is -0.852. The third-order valence-corrected chi connectivity index (χ3v) is 4.44. The molecule has 0 aliphatic carbocycles. The fraction of sp³-hybridized carbons (Fsp3) is 0.200. The molecule has 0 atom stereocenters. The number of carbonyl (C=O) groups excluding carboxylic acids is 2. The van der Waals surface area contributed by atoms with E-state index >= 15 is 0 Å². The van der Waals surface area contributed by atoms with Crippen LogP contribution in [-0.2, 0) is 9.47 Å². The Hall–Kier alpha value is -3.80. The van der Waals surface area contributed by atoms with E-state index in [4.69, 9.17) is 18.9 Å². The number of benzene rings is 3. The number of carbonyl (C=O) groups is 2. The quantitative estimate of drug-likeness (QED) is 0.182. The topological polar surface area (TPSA) is 71.1 Å². The van der Waals surface area contributed by atoms with Gasteiger partial charge in [0, 0.05) is 21.5 Å². The lowest BCUT2D eigenvalue weighted by molar-refractivity contribution is 0.134. The average Bonchev–Trinajstić information content (AvgIpc) is 2.76. The van der Waals surface area contributed by atoms with Gasteiger partial charge in [-0.3, -0.25) is 0 Å².